The van der Waals surface area contributed by atoms with Crippen molar-refractivity contribution in [2.45, 2.75) is 4.90 Å². The monoisotopic (exact) mass is 226 g/mol. The number of benzene rings is 2. The summed E-state index contributed by atoms with van der Waals surface area (Å²) in [5, 5.41) is 2.27. The van der Waals surface area contributed by atoms with Crippen LogP contribution in [0.4, 0.5) is 0 Å². The molecule has 1 atom stereocenters. The minimum Gasteiger partial charge on any atom is -0.302 e. The SMILES string of the molecule is O=S(O)c1cc(Cl)c2ccccc2c1. The number of fused-ring (bicyclic) bond motifs is 1. The van der Waals surface area contributed by atoms with Gasteiger partial charge in [-0.3, -0.25) is 0 Å². The zero-order valence-electron chi connectivity index (χ0n) is 7.11. The predicted octanol–water partition coefficient (Wildman–Crippen LogP) is 3.07. The highest BCUT2D eigenvalue weighted by molar-refractivity contribution is 7.79. The first-order valence-electron chi connectivity index (χ1n) is 3.97. The molecule has 0 saturated carbocycles. The third-order valence-electron chi connectivity index (χ3n) is 1.99. The maximum Gasteiger partial charge on any atom is 0.186 e. The molecule has 0 radical (unpaired) electrons. The molecule has 2 aromatic carbocycles. The average molecular weight is 227 g/mol. The van der Waals surface area contributed by atoms with Gasteiger partial charge in [0.1, 0.15) is 0 Å². The van der Waals surface area contributed by atoms with Crippen LogP contribution in [0.1, 0.15) is 0 Å². The molecule has 2 nitrogen and oxygen atoms in total. The molecule has 2 aromatic rings. The molecular weight excluding hydrogens is 220 g/mol. The highest BCUT2D eigenvalue weighted by Gasteiger charge is 2.05. The van der Waals surface area contributed by atoms with Crippen LogP contribution in [0.25, 0.3) is 10.8 Å². The zero-order chi connectivity index (χ0) is 10.1. The van der Waals surface area contributed by atoms with E-state index in [4.69, 9.17) is 16.2 Å². The van der Waals surface area contributed by atoms with Crippen LogP contribution in [0.3, 0.4) is 0 Å². The largest absolute Gasteiger partial charge is 0.302 e. The van der Waals surface area contributed by atoms with E-state index in [-0.39, 0.29) is 0 Å². The molecule has 4 heteroatoms. The van der Waals surface area contributed by atoms with Gasteiger partial charge in [-0.25, -0.2) is 4.21 Å². The third-order valence-corrected chi connectivity index (χ3v) is 2.94. The van der Waals surface area contributed by atoms with E-state index in [1.54, 1.807) is 6.07 Å². The van der Waals surface area contributed by atoms with Crippen molar-refractivity contribution in [3.63, 3.8) is 0 Å². The third kappa shape index (κ3) is 1.66. The van der Waals surface area contributed by atoms with Gasteiger partial charge in [0.05, 0.1) is 4.90 Å². The first-order chi connectivity index (χ1) is 6.68. The summed E-state index contributed by atoms with van der Waals surface area (Å²) in [4.78, 5) is 0.328. The Hall–Kier alpha value is -0.900. The van der Waals surface area contributed by atoms with Crippen molar-refractivity contribution in [2.75, 3.05) is 0 Å². The lowest BCUT2D eigenvalue weighted by Gasteiger charge is -2.02. The molecule has 0 spiro atoms. The Labute approximate surface area is 88.8 Å². The second-order valence-corrected chi connectivity index (χ2v) is 4.25. The molecule has 0 aliphatic rings. The van der Waals surface area contributed by atoms with Crippen molar-refractivity contribution in [3.05, 3.63) is 41.4 Å². The molecule has 0 fully saturated rings. The molecule has 0 aromatic heterocycles. The second kappa shape index (κ2) is 3.69. The Morgan fingerprint density at radius 3 is 2.64 bits per heavy atom. The summed E-state index contributed by atoms with van der Waals surface area (Å²) in [6.07, 6.45) is 0. The highest BCUT2D eigenvalue weighted by Crippen LogP contribution is 2.26. The summed E-state index contributed by atoms with van der Waals surface area (Å²) in [5.74, 6) is 0. The molecule has 2 rings (SSSR count). The van der Waals surface area contributed by atoms with Gasteiger partial charge in [-0.1, -0.05) is 35.9 Å². The van der Waals surface area contributed by atoms with Gasteiger partial charge in [0.15, 0.2) is 11.1 Å². The predicted molar refractivity (Wildman–Crippen MR) is 58.0 cm³/mol. The molecule has 0 saturated heterocycles. The number of rotatable bonds is 1. The van der Waals surface area contributed by atoms with Crippen molar-refractivity contribution < 1.29 is 8.76 Å². The number of hydrogen-bond acceptors (Lipinski definition) is 1. The van der Waals surface area contributed by atoms with Gasteiger partial charge >= 0.3 is 0 Å². The molecule has 0 aliphatic heterocycles. The van der Waals surface area contributed by atoms with Crippen LogP contribution in [0.15, 0.2) is 41.3 Å². The van der Waals surface area contributed by atoms with Gasteiger partial charge in [-0.2, -0.15) is 0 Å². The van der Waals surface area contributed by atoms with Crippen molar-refractivity contribution in [3.8, 4) is 0 Å². The average Bonchev–Trinajstić information content (AvgIpc) is 2.17. The molecular formula is C10H7ClO2S. The molecule has 1 N–H and O–H groups in total. The van der Waals surface area contributed by atoms with Crippen molar-refractivity contribution >= 4 is 33.5 Å². The lowest BCUT2D eigenvalue weighted by atomic mass is 10.1. The summed E-state index contributed by atoms with van der Waals surface area (Å²) in [6.45, 7) is 0. The van der Waals surface area contributed by atoms with Gasteiger partial charge in [0.2, 0.25) is 0 Å². The Morgan fingerprint density at radius 1 is 1.21 bits per heavy atom. The van der Waals surface area contributed by atoms with E-state index in [1.807, 2.05) is 24.3 Å². The van der Waals surface area contributed by atoms with Crippen LogP contribution < -0.4 is 0 Å². The normalized spacial score (nSPS) is 13.0. The van der Waals surface area contributed by atoms with E-state index < -0.39 is 11.1 Å². The van der Waals surface area contributed by atoms with Gasteiger partial charge in [0, 0.05) is 10.4 Å². The van der Waals surface area contributed by atoms with E-state index in [2.05, 4.69) is 0 Å². The quantitative estimate of drug-likeness (QED) is 0.759. The zero-order valence-corrected chi connectivity index (χ0v) is 8.68. The Balaban J connectivity index is 2.78. The topological polar surface area (TPSA) is 37.3 Å². The van der Waals surface area contributed by atoms with Crippen LogP contribution in [-0.4, -0.2) is 8.76 Å². The minimum atomic E-state index is -1.98. The summed E-state index contributed by atoms with van der Waals surface area (Å²) in [6, 6.07) is 10.7. The second-order valence-electron chi connectivity index (χ2n) is 2.88. The molecule has 0 bridgehead atoms. The summed E-state index contributed by atoms with van der Waals surface area (Å²) in [5.41, 5.74) is 0. The molecule has 0 heterocycles. The fourth-order valence-electron chi connectivity index (χ4n) is 1.34. The van der Waals surface area contributed by atoms with Crippen LogP contribution in [0.5, 0.6) is 0 Å². The van der Waals surface area contributed by atoms with Gasteiger partial charge in [-0.05, 0) is 17.5 Å². The van der Waals surface area contributed by atoms with Crippen molar-refractivity contribution in [1.82, 2.24) is 0 Å². The van der Waals surface area contributed by atoms with E-state index in [9.17, 15) is 4.21 Å². The Morgan fingerprint density at radius 2 is 1.93 bits per heavy atom. The molecule has 14 heavy (non-hydrogen) atoms. The smallest absolute Gasteiger partial charge is 0.186 e. The Bertz CT molecular complexity index is 510. The maximum absolute atomic E-state index is 10.8. The maximum atomic E-state index is 10.8. The number of halogens is 1. The van der Waals surface area contributed by atoms with Crippen LogP contribution in [0, 0.1) is 0 Å². The molecule has 72 valence electrons. The Kier molecular flexibility index (Phi) is 2.54. The van der Waals surface area contributed by atoms with Crippen LogP contribution >= 0.6 is 11.6 Å². The fourth-order valence-corrected chi connectivity index (χ4v) is 2.14. The fraction of sp³-hybridized carbons (Fsp3) is 0. The molecule has 0 amide bonds. The van der Waals surface area contributed by atoms with Crippen molar-refractivity contribution in [2.24, 2.45) is 0 Å². The van der Waals surface area contributed by atoms with Crippen molar-refractivity contribution in [1.29, 1.82) is 0 Å². The minimum absolute atomic E-state index is 0.328. The van der Waals surface area contributed by atoms with E-state index in [0.717, 1.165) is 10.8 Å². The first-order valence-corrected chi connectivity index (χ1v) is 5.46. The lowest BCUT2D eigenvalue weighted by Crippen LogP contribution is -1.88. The summed E-state index contributed by atoms with van der Waals surface area (Å²) in [7, 11) is 0. The first kappa shape index (κ1) is 9.65. The van der Waals surface area contributed by atoms with Gasteiger partial charge < -0.3 is 4.55 Å². The van der Waals surface area contributed by atoms with E-state index in [1.165, 1.54) is 6.07 Å². The van der Waals surface area contributed by atoms with Gasteiger partial charge in [-0.15, -0.1) is 0 Å². The molecule has 1 unspecified atom stereocenters. The van der Waals surface area contributed by atoms with Gasteiger partial charge in [0.25, 0.3) is 0 Å². The van der Waals surface area contributed by atoms with Crippen LogP contribution in [-0.2, 0) is 11.1 Å². The summed E-state index contributed by atoms with van der Waals surface area (Å²) < 4.78 is 19.8. The van der Waals surface area contributed by atoms with E-state index in [0.29, 0.717) is 9.92 Å². The standard InChI is InChI=1S/C10H7ClO2S/c11-10-6-8(14(12)13)5-7-3-1-2-4-9(7)10/h1-6H,(H,12,13). The lowest BCUT2D eigenvalue weighted by molar-refractivity contribution is 0.564. The van der Waals surface area contributed by atoms with E-state index >= 15 is 0 Å². The summed E-state index contributed by atoms with van der Waals surface area (Å²) >= 11 is 3.98. The van der Waals surface area contributed by atoms with Crippen LogP contribution in [0.2, 0.25) is 5.02 Å². The highest BCUT2D eigenvalue weighted by atomic mass is 35.5. The number of hydrogen-bond donors (Lipinski definition) is 1. The molecule has 0 aliphatic carbocycles.